The molecule has 0 spiro atoms. The molecule has 1 fully saturated rings. The van der Waals surface area contributed by atoms with Crippen molar-refractivity contribution in [3.63, 3.8) is 0 Å². The molecule has 1 atom stereocenters. The molecule has 2 rings (SSSR count). The van der Waals surface area contributed by atoms with Gasteiger partial charge in [-0.05, 0) is 56.6 Å². The molecule has 1 heterocycles. The van der Waals surface area contributed by atoms with Gasteiger partial charge in [0.2, 0.25) is 0 Å². The lowest BCUT2D eigenvalue weighted by Crippen LogP contribution is -2.38. The molecule has 1 aromatic carbocycles. The SMILES string of the molecule is CNCC1CCCN(Cc2ccc(O)c(F)c2)C1. The standard InChI is InChI=1S/C14H21FN2O/c1-16-8-12-3-2-6-17(10-12)9-11-4-5-14(18)13(15)7-11/h4-5,7,12,16,18H,2-3,6,8-10H2,1H3. The minimum absolute atomic E-state index is 0.273. The Morgan fingerprint density at radius 1 is 1.50 bits per heavy atom. The number of hydrogen-bond donors (Lipinski definition) is 2. The number of aromatic hydroxyl groups is 1. The fourth-order valence-electron chi connectivity index (χ4n) is 2.66. The Bertz CT molecular complexity index is 395. The molecule has 0 bridgehead atoms. The molecule has 1 aliphatic rings. The number of phenols is 1. The Labute approximate surface area is 108 Å². The van der Waals surface area contributed by atoms with Crippen LogP contribution in [0.15, 0.2) is 18.2 Å². The Morgan fingerprint density at radius 2 is 2.33 bits per heavy atom. The Morgan fingerprint density at radius 3 is 3.06 bits per heavy atom. The van der Waals surface area contributed by atoms with E-state index in [1.165, 1.54) is 25.0 Å². The molecule has 4 heteroatoms. The van der Waals surface area contributed by atoms with Gasteiger partial charge in [-0.2, -0.15) is 0 Å². The lowest BCUT2D eigenvalue weighted by Gasteiger charge is -2.32. The number of nitrogens with one attached hydrogen (secondary N) is 1. The van der Waals surface area contributed by atoms with E-state index in [9.17, 15) is 4.39 Å². The fraction of sp³-hybridized carbons (Fsp3) is 0.571. The van der Waals surface area contributed by atoms with Crippen LogP contribution in [0.25, 0.3) is 0 Å². The van der Waals surface area contributed by atoms with Crippen LogP contribution in [0.3, 0.4) is 0 Å². The highest BCUT2D eigenvalue weighted by molar-refractivity contribution is 5.27. The molecule has 0 aliphatic carbocycles. The first kappa shape index (κ1) is 13.3. The maximum absolute atomic E-state index is 13.3. The highest BCUT2D eigenvalue weighted by atomic mass is 19.1. The van der Waals surface area contributed by atoms with Gasteiger partial charge in [0, 0.05) is 13.1 Å². The highest BCUT2D eigenvalue weighted by Gasteiger charge is 2.19. The second-order valence-corrected chi connectivity index (χ2v) is 5.09. The lowest BCUT2D eigenvalue weighted by atomic mass is 9.97. The normalized spacial score (nSPS) is 21.1. The number of likely N-dealkylation sites (tertiary alicyclic amines) is 1. The average Bonchev–Trinajstić information content (AvgIpc) is 2.35. The van der Waals surface area contributed by atoms with E-state index < -0.39 is 5.82 Å². The van der Waals surface area contributed by atoms with Crippen molar-refractivity contribution < 1.29 is 9.50 Å². The monoisotopic (exact) mass is 252 g/mol. The summed E-state index contributed by atoms with van der Waals surface area (Å²) in [5.74, 6) is -0.118. The van der Waals surface area contributed by atoms with Gasteiger partial charge in [-0.25, -0.2) is 4.39 Å². The van der Waals surface area contributed by atoms with Crippen LogP contribution >= 0.6 is 0 Å². The number of hydrogen-bond acceptors (Lipinski definition) is 3. The first-order valence-electron chi connectivity index (χ1n) is 6.53. The van der Waals surface area contributed by atoms with Crippen molar-refractivity contribution in [2.75, 3.05) is 26.7 Å². The lowest BCUT2D eigenvalue weighted by molar-refractivity contribution is 0.166. The number of phenolic OH excluding ortho intramolecular Hbond substituents is 1. The molecule has 0 radical (unpaired) electrons. The first-order chi connectivity index (χ1) is 8.69. The molecule has 1 aliphatic heterocycles. The van der Waals surface area contributed by atoms with Crippen LogP contribution in [-0.2, 0) is 6.54 Å². The van der Waals surface area contributed by atoms with Gasteiger partial charge in [-0.1, -0.05) is 6.07 Å². The Hall–Kier alpha value is -1.13. The Kier molecular flexibility index (Phi) is 4.55. The van der Waals surface area contributed by atoms with Gasteiger partial charge in [0.15, 0.2) is 11.6 Å². The predicted molar refractivity (Wildman–Crippen MR) is 70.0 cm³/mol. The second kappa shape index (κ2) is 6.16. The van der Waals surface area contributed by atoms with Gasteiger partial charge in [0.05, 0.1) is 0 Å². The number of halogens is 1. The third kappa shape index (κ3) is 3.43. The summed E-state index contributed by atoms with van der Waals surface area (Å²) in [6, 6.07) is 4.65. The molecule has 3 nitrogen and oxygen atoms in total. The summed E-state index contributed by atoms with van der Waals surface area (Å²) in [5.41, 5.74) is 0.926. The van der Waals surface area contributed by atoms with Crippen molar-refractivity contribution in [2.45, 2.75) is 19.4 Å². The van der Waals surface area contributed by atoms with E-state index in [1.54, 1.807) is 6.07 Å². The van der Waals surface area contributed by atoms with E-state index in [4.69, 9.17) is 5.11 Å². The number of piperidine rings is 1. The molecule has 100 valence electrons. The molecular formula is C14H21FN2O. The molecule has 1 saturated heterocycles. The van der Waals surface area contributed by atoms with Crippen LogP contribution in [0.5, 0.6) is 5.75 Å². The van der Waals surface area contributed by atoms with E-state index in [1.807, 2.05) is 7.05 Å². The molecule has 0 amide bonds. The summed E-state index contributed by atoms with van der Waals surface area (Å²) in [6.07, 6.45) is 2.47. The quantitative estimate of drug-likeness (QED) is 0.860. The zero-order valence-electron chi connectivity index (χ0n) is 10.8. The highest BCUT2D eigenvalue weighted by Crippen LogP contribution is 2.21. The molecule has 0 saturated carbocycles. The van der Waals surface area contributed by atoms with Crippen molar-refractivity contribution in [2.24, 2.45) is 5.92 Å². The van der Waals surface area contributed by atoms with Crippen molar-refractivity contribution >= 4 is 0 Å². The van der Waals surface area contributed by atoms with Crippen molar-refractivity contribution in [3.8, 4) is 5.75 Å². The molecule has 0 aromatic heterocycles. The van der Waals surface area contributed by atoms with E-state index in [0.29, 0.717) is 5.92 Å². The Balaban J connectivity index is 1.93. The molecule has 2 N–H and O–H groups in total. The van der Waals surface area contributed by atoms with Gasteiger partial charge >= 0.3 is 0 Å². The average molecular weight is 252 g/mol. The van der Waals surface area contributed by atoms with Gasteiger partial charge in [-0.15, -0.1) is 0 Å². The predicted octanol–water partition coefficient (Wildman–Crippen LogP) is 1.96. The van der Waals surface area contributed by atoms with Crippen LogP contribution < -0.4 is 5.32 Å². The largest absolute Gasteiger partial charge is 0.505 e. The van der Waals surface area contributed by atoms with Crippen molar-refractivity contribution in [3.05, 3.63) is 29.6 Å². The van der Waals surface area contributed by atoms with Crippen LogP contribution in [0.2, 0.25) is 0 Å². The van der Waals surface area contributed by atoms with Crippen LogP contribution in [0, 0.1) is 11.7 Å². The van der Waals surface area contributed by atoms with Gasteiger partial charge in [-0.3, -0.25) is 4.90 Å². The topological polar surface area (TPSA) is 35.5 Å². The number of nitrogens with zero attached hydrogens (tertiary/aromatic N) is 1. The molecule has 1 aromatic rings. The van der Waals surface area contributed by atoms with Gasteiger partial charge in [0.1, 0.15) is 0 Å². The van der Waals surface area contributed by atoms with E-state index >= 15 is 0 Å². The first-order valence-corrected chi connectivity index (χ1v) is 6.53. The van der Waals surface area contributed by atoms with E-state index in [2.05, 4.69) is 10.2 Å². The summed E-state index contributed by atoms with van der Waals surface area (Å²) < 4.78 is 13.3. The summed E-state index contributed by atoms with van der Waals surface area (Å²) in [4.78, 5) is 2.36. The molecule has 18 heavy (non-hydrogen) atoms. The zero-order chi connectivity index (χ0) is 13.0. The second-order valence-electron chi connectivity index (χ2n) is 5.09. The molecular weight excluding hydrogens is 231 g/mol. The van der Waals surface area contributed by atoms with E-state index in [-0.39, 0.29) is 5.75 Å². The summed E-state index contributed by atoms with van der Waals surface area (Å²) >= 11 is 0. The summed E-state index contributed by atoms with van der Waals surface area (Å²) in [6.45, 7) is 3.93. The third-order valence-electron chi connectivity index (χ3n) is 3.51. The van der Waals surface area contributed by atoms with Gasteiger partial charge in [0.25, 0.3) is 0 Å². The van der Waals surface area contributed by atoms with Crippen molar-refractivity contribution in [1.82, 2.24) is 10.2 Å². The van der Waals surface area contributed by atoms with Gasteiger partial charge < -0.3 is 10.4 Å². The summed E-state index contributed by atoms with van der Waals surface area (Å²) in [5, 5.41) is 12.4. The fourth-order valence-corrected chi connectivity index (χ4v) is 2.66. The number of benzene rings is 1. The summed E-state index contributed by atoms with van der Waals surface area (Å²) in [7, 11) is 1.98. The smallest absolute Gasteiger partial charge is 0.165 e. The third-order valence-corrected chi connectivity index (χ3v) is 3.51. The minimum Gasteiger partial charge on any atom is -0.505 e. The van der Waals surface area contributed by atoms with Crippen LogP contribution in [-0.4, -0.2) is 36.7 Å². The maximum atomic E-state index is 13.3. The van der Waals surface area contributed by atoms with Crippen molar-refractivity contribution in [1.29, 1.82) is 0 Å². The van der Waals surface area contributed by atoms with Crippen LogP contribution in [0.4, 0.5) is 4.39 Å². The van der Waals surface area contributed by atoms with E-state index in [0.717, 1.165) is 31.7 Å². The molecule has 1 unspecified atom stereocenters. The minimum atomic E-state index is -0.531. The van der Waals surface area contributed by atoms with Crippen LogP contribution in [0.1, 0.15) is 18.4 Å². The number of rotatable bonds is 4. The zero-order valence-corrected chi connectivity index (χ0v) is 10.8. The maximum Gasteiger partial charge on any atom is 0.165 e.